The highest BCUT2D eigenvalue weighted by molar-refractivity contribution is 5.70. The van der Waals surface area contributed by atoms with Crippen molar-refractivity contribution in [1.82, 2.24) is 14.9 Å². The number of aryl methyl sites for hydroxylation is 2. The zero-order valence-corrected chi connectivity index (χ0v) is 12.3. The second kappa shape index (κ2) is 4.86. The lowest BCUT2D eigenvalue weighted by molar-refractivity contribution is 0.157. The normalized spacial score (nSPS) is 24.6. The molecular formula is C15H20N4O2. The van der Waals surface area contributed by atoms with Crippen LogP contribution in [0.3, 0.4) is 0 Å². The van der Waals surface area contributed by atoms with Gasteiger partial charge >= 0.3 is 6.09 Å². The van der Waals surface area contributed by atoms with Crippen molar-refractivity contribution in [2.45, 2.75) is 38.6 Å². The van der Waals surface area contributed by atoms with Crippen LogP contribution in [0.4, 0.5) is 10.7 Å². The van der Waals surface area contributed by atoms with Gasteiger partial charge in [0, 0.05) is 31.0 Å². The Morgan fingerprint density at radius 1 is 1.19 bits per heavy atom. The minimum Gasteiger partial charge on any atom is -0.447 e. The maximum atomic E-state index is 11.6. The number of carbonyl (C=O) groups excluding carboxylic acids is 1. The number of piperazine rings is 1. The molecule has 0 N–H and O–H groups in total. The first-order valence-electron chi connectivity index (χ1n) is 7.77. The van der Waals surface area contributed by atoms with Crippen LogP contribution in [0.5, 0.6) is 0 Å². The van der Waals surface area contributed by atoms with Crippen molar-refractivity contribution in [3.63, 3.8) is 0 Å². The molecule has 112 valence electrons. The van der Waals surface area contributed by atoms with Gasteiger partial charge in [0.15, 0.2) is 0 Å². The van der Waals surface area contributed by atoms with E-state index < -0.39 is 0 Å². The number of cyclic esters (lactones) is 1. The van der Waals surface area contributed by atoms with Gasteiger partial charge in [0.25, 0.3) is 0 Å². The molecule has 2 aliphatic heterocycles. The van der Waals surface area contributed by atoms with Gasteiger partial charge < -0.3 is 9.64 Å². The number of ether oxygens (including phenoxy) is 1. The summed E-state index contributed by atoms with van der Waals surface area (Å²) in [6.45, 7) is 4.82. The molecule has 2 fully saturated rings. The Bertz CT molecular complexity index is 589. The summed E-state index contributed by atoms with van der Waals surface area (Å²) in [5, 5.41) is 0. The van der Waals surface area contributed by atoms with Crippen LogP contribution in [0.15, 0.2) is 0 Å². The maximum absolute atomic E-state index is 11.6. The molecule has 1 amide bonds. The number of aromatic nitrogens is 2. The third-order valence-corrected chi connectivity index (χ3v) is 4.78. The Hall–Kier alpha value is -1.85. The summed E-state index contributed by atoms with van der Waals surface area (Å²) in [5.41, 5.74) is 3.70. The highest BCUT2D eigenvalue weighted by Gasteiger charge is 2.38. The van der Waals surface area contributed by atoms with Crippen LogP contribution in [0.1, 0.15) is 29.8 Å². The molecule has 3 heterocycles. The summed E-state index contributed by atoms with van der Waals surface area (Å²) in [5.74, 6) is 0.826. The lowest BCUT2D eigenvalue weighted by Crippen LogP contribution is -2.52. The van der Waals surface area contributed by atoms with Gasteiger partial charge in [-0.1, -0.05) is 0 Å². The minimum absolute atomic E-state index is 0.145. The largest absolute Gasteiger partial charge is 0.447 e. The molecule has 0 radical (unpaired) electrons. The van der Waals surface area contributed by atoms with Crippen molar-refractivity contribution in [1.29, 1.82) is 0 Å². The summed E-state index contributed by atoms with van der Waals surface area (Å²) in [4.78, 5) is 25.1. The molecule has 1 atom stereocenters. The van der Waals surface area contributed by atoms with Crippen molar-refractivity contribution in [2.24, 2.45) is 0 Å². The fraction of sp³-hybridized carbons (Fsp3) is 0.667. The van der Waals surface area contributed by atoms with Crippen LogP contribution in [0, 0.1) is 6.92 Å². The van der Waals surface area contributed by atoms with E-state index in [-0.39, 0.29) is 12.1 Å². The number of nitrogens with zero attached hydrogens (tertiary/aromatic N) is 4. The molecule has 0 unspecified atom stereocenters. The maximum Gasteiger partial charge on any atom is 0.410 e. The first-order chi connectivity index (χ1) is 10.2. The summed E-state index contributed by atoms with van der Waals surface area (Å²) >= 11 is 0. The molecule has 6 heteroatoms. The quantitative estimate of drug-likeness (QED) is 0.779. The van der Waals surface area contributed by atoms with Gasteiger partial charge in [0.1, 0.15) is 6.61 Å². The van der Waals surface area contributed by atoms with Crippen molar-refractivity contribution in [3.05, 3.63) is 17.0 Å². The van der Waals surface area contributed by atoms with Crippen LogP contribution in [0.25, 0.3) is 0 Å². The van der Waals surface area contributed by atoms with Crippen molar-refractivity contribution >= 4 is 12.0 Å². The standard InChI is InChI=1S/C15H20N4O2/c1-10-12-4-2-3-5-13(12)17-14(16-10)18-6-7-19-11(8-18)9-21-15(19)20/h11H,2-9H2,1H3/t11-/m0/s1. The number of carbonyl (C=O) groups is 1. The average molecular weight is 288 g/mol. The topological polar surface area (TPSA) is 58.6 Å². The third-order valence-electron chi connectivity index (χ3n) is 4.78. The van der Waals surface area contributed by atoms with E-state index in [0.717, 1.165) is 37.6 Å². The van der Waals surface area contributed by atoms with Crippen LogP contribution >= 0.6 is 0 Å². The van der Waals surface area contributed by atoms with Crippen molar-refractivity contribution in [3.8, 4) is 0 Å². The molecule has 4 rings (SSSR count). The smallest absolute Gasteiger partial charge is 0.410 e. The van der Waals surface area contributed by atoms with E-state index in [1.54, 1.807) is 0 Å². The monoisotopic (exact) mass is 288 g/mol. The first kappa shape index (κ1) is 12.9. The molecule has 1 aromatic heterocycles. The van der Waals surface area contributed by atoms with E-state index in [4.69, 9.17) is 14.7 Å². The second-order valence-electron chi connectivity index (χ2n) is 6.11. The Balaban J connectivity index is 1.59. The Morgan fingerprint density at radius 3 is 2.95 bits per heavy atom. The van der Waals surface area contributed by atoms with Gasteiger partial charge in [0.2, 0.25) is 5.95 Å². The van der Waals surface area contributed by atoms with Crippen LogP contribution < -0.4 is 4.90 Å². The highest BCUT2D eigenvalue weighted by Crippen LogP contribution is 2.26. The molecule has 1 aromatic rings. The number of hydrogen-bond acceptors (Lipinski definition) is 5. The number of anilines is 1. The van der Waals surface area contributed by atoms with Gasteiger partial charge in [0.05, 0.1) is 6.04 Å². The van der Waals surface area contributed by atoms with E-state index >= 15 is 0 Å². The van der Waals surface area contributed by atoms with Gasteiger partial charge in [-0.2, -0.15) is 0 Å². The van der Waals surface area contributed by atoms with Gasteiger partial charge in [-0.25, -0.2) is 14.8 Å². The first-order valence-corrected chi connectivity index (χ1v) is 7.77. The number of fused-ring (bicyclic) bond motifs is 2. The molecule has 2 saturated heterocycles. The third kappa shape index (κ3) is 2.13. The zero-order chi connectivity index (χ0) is 14.4. The predicted octanol–water partition coefficient (Wildman–Crippen LogP) is 1.30. The Morgan fingerprint density at radius 2 is 2.05 bits per heavy atom. The molecule has 0 aromatic carbocycles. The summed E-state index contributed by atoms with van der Waals surface area (Å²) < 4.78 is 5.12. The van der Waals surface area contributed by atoms with Crippen molar-refractivity contribution < 1.29 is 9.53 Å². The zero-order valence-electron chi connectivity index (χ0n) is 12.3. The molecule has 0 spiro atoms. The minimum atomic E-state index is -0.179. The number of rotatable bonds is 1. The van der Waals surface area contributed by atoms with Crippen LogP contribution in [0.2, 0.25) is 0 Å². The molecule has 6 nitrogen and oxygen atoms in total. The Kier molecular flexibility index (Phi) is 2.97. The van der Waals surface area contributed by atoms with Crippen LogP contribution in [-0.2, 0) is 17.6 Å². The molecule has 3 aliphatic rings. The van der Waals surface area contributed by atoms with Gasteiger partial charge in [-0.15, -0.1) is 0 Å². The molecule has 0 bridgehead atoms. The fourth-order valence-electron chi connectivity index (χ4n) is 3.58. The molecular weight excluding hydrogens is 268 g/mol. The van der Waals surface area contributed by atoms with Crippen molar-refractivity contribution in [2.75, 3.05) is 31.1 Å². The number of amides is 1. The average Bonchev–Trinajstić information content (AvgIpc) is 2.88. The second-order valence-corrected chi connectivity index (χ2v) is 6.11. The summed E-state index contributed by atoms with van der Waals surface area (Å²) in [6, 6.07) is 0.145. The molecule has 0 saturated carbocycles. The lowest BCUT2D eigenvalue weighted by Gasteiger charge is -2.35. The summed E-state index contributed by atoms with van der Waals surface area (Å²) in [7, 11) is 0. The van der Waals surface area contributed by atoms with E-state index in [9.17, 15) is 4.79 Å². The lowest BCUT2D eigenvalue weighted by atomic mass is 9.95. The van der Waals surface area contributed by atoms with E-state index in [1.807, 2.05) is 4.90 Å². The van der Waals surface area contributed by atoms with Gasteiger partial charge in [-0.05, 0) is 38.2 Å². The Labute approximate surface area is 124 Å². The number of hydrogen-bond donors (Lipinski definition) is 0. The van der Waals surface area contributed by atoms with Gasteiger partial charge in [-0.3, -0.25) is 4.90 Å². The van der Waals surface area contributed by atoms with E-state index in [0.29, 0.717) is 13.2 Å². The highest BCUT2D eigenvalue weighted by atomic mass is 16.6. The predicted molar refractivity (Wildman–Crippen MR) is 77.5 cm³/mol. The summed E-state index contributed by atoms with van der Waals surface area (Å²) in [6.07, 6.45) is 4.47. The molecule has 1 aliphatic carbocycles. The van der Waals surface area contributed by atoms with Crippen LogP contribution in [-0.4, -0.2) is 53.2 Å². The molecule has 21 heavy (non-hydrogen) atoms. The fourth-order valence-corrected chi connectivity index (χ4v) is 3.58. The van der Waals surface area contributed by atoms with E-state index in [2.05, 4.69) is 11.8 Å². The van der Waals surface area contributed by atoms with E-state index in [1.165, 1.54) is 24.1 Å². The SMILES string of the molecule is Cc1nc(N2CCN3C(=O)OC[C@@H]3C2)nc2c1CCCC2.